The monoisotopic (exact) mass is 263 g/mol. The Balaban J connectivity index is 1.99. The molecule has 0 amide bonds. The minimum Gasteiger partial charge on any atom is -0.476 e. The van der Waals surface area contributed by atoms with E-state index in [1.54, 1.807) is 17.5 Å². The molecule has 5 heteroatoms. The normalized spacial score (nSPS) is 16.5. The smallest absolute Gasteiger partial charge is 0.355 e. The van der Waals surface area contributed by atoms with Crippen molar-refractivity contribution < 1.29 is 14.3 Å². The maximum Gasteiger partial charge on any atom is 0.355 e. The van der Waals surface area contributed by atoms with Crippen LogP contribution in [0.4, 0.5) is 4.39 Å². The molecule has 3 rings (SSSR count). The third-order valence-electron chi connectivity index (χ3n) is 3.28. The summed E-state index contributed by atoms with van der Waals surface area (Å²) in [4.78, 5) is 15.0. The average molecular weight is 263 g/mol. The van der Waals surface area contributed by atoms with Gasteiger partial charge >= 0.3 is 5.97 Å². The van der Waals surface area contributed by atoms with Crippen LogP contribution in [-0.4, -0.2) is 16.1 Å². The lowest BCUT2D eigenvalue weighted by atomic mass is 9.97. The highest BCUT2D eigenvalue weighted by molar-refractivity contribution is 7.10. The zero-order chi connectivity index (χ0) is 12.8. The Kier molecular flexibility index (Phi) is 2.45. The summed E-state index contributed by atoms with van der Waals surface area (Å²) < 4.78 is 12.9. The molecule has 92 valence electrons. The Morgan fingerprint density at radius 2 is 2.00 bits per heavy atom. The summed E-state index contributed by atoms with van der Waals surface area (Å²) in [6.45, 7) is 0. The fourth-order valence-electron chi connectivity index (χ4n) is 2.11. The molecule has 0 radical (unpaired) electrons. The van der Waals surface area contributed by atoms with E-state index in [4.69, 9.17) is 5.11 Å². The lowest BCUT2D eigenvalue weighted by Gasteiger charge is -2.12. The molecule has 0 unspecified atom stereocenters. The SMILES string of the molecule is O=C(O)c1csc(C2(c3ccc(F)cc3)CC2)n1. The first-order chi connectivity index (χ1) is 8.62. The van der Waals surface area contributed by atoms with Crippen LogP contribution in [0.5, 0.6) is 0 Å². The number of nitrogens with zero attached hydrogens (tertiary/aromatic N) is 1. The maximum absolute atomic E-state index is 12.9. The second-order valence-corrected chi connectivity index (χ2v) is 5.29. The Morgan fingerprint density at radius 1 is 1.33 bits per heavy atom. The molecule has 1 fully saturated rings. The van der Waals surface area contributed by atoms with E-state index < -0.39 is 5.97 Å². The Labute approximate surface area is 107 Å². The molecule has 1 N–H and O–H groups in total. The first-order valence-electron chi connectivity index (χ1n) is 5.57. The highest BCUT2D eigenvalue weighted by atomic mass is 32.1. The van der Waals surface area contributed by atoms with E-state index in [0.29, 0.717) is 0 Å². The molecule has 1 heterocycles. The molecule has 0 spiro atoms. The van der Waals surface area contributed by atoms with Gasteiger partial charge in [-0.3, -0.25) is 0 Å². The minimum atomic E-state index is -1.01. The first kappa shape index (κ1) is 11.3. The number of aromatic carboxylic acids is 1. The molecule has 0 bridgehead atoms. The molecule has 0 atom stereocenters. The Morgan fingerprint density at radius 3 is 2.50 bits per heavy atom. The topological polar surface area (TPSA) is 50.2 Å². The molecule has 1 aromatic heterocycles. The molecule has 0 saturated heterocycles. The number of carboxylic acids is 1. The van der Waals surface area contributed by atoms with Gasteiger partial charge in [0.2, 0.25) is 0 Å². The third-order valence-corrected chi connectivity index (χ3v) is 4.33. The van der Waals surface area contributed by atoms with E-state index in [1.807, 2.05) is 0 Å². The van der Waals surface area contributed by atoms with Crippen molar-refractivity contribution in [3.05, 3.63) is 51.7 Å². The largest absolute Gasteiger partial charge is 0.476 e. The lowest BCUT2D eigenvalue weighted by Crippen LogP contribution is -2.09. The van der Waals surface area contributed by atoms with Crippen molar-refractivity contribution in [3.63, 3.8) is 0 Å². The van der Waals surface area contributed by atoms with Gasteiger partial charge in [0.15, 0.2) is 5.69 Å². The summed E-state index contributed by atoms with van der Waals surface area (Å²) in [6.07, 6.45) is 1.87. The van der Waals surface area contributed by atoms with Gasteiger partial charge in [-0.05, 0) is 30.5 Å². The molecule has 1 aliphatic carbocycles. The summed E-state index contributed by atoms with van der Waals surface area (Å²) in [5.74, 6) is -1.27. The van der Waals surface area contributed by atoms with Gasteiger partial charge in [0.05, 0.1) is 0 Å². The van der Waals surface area contributed by atoms with Crippen LogP contribution in [0, 0.1) is 5.82 Å². The van der Waals surface area contributed by atoms with E-state index in [9.17, 15) is 9.18 Å². The summed E-state index contributed by atoms with van der Waals surface area (Å²) >= 11 is 1.36. The van der Waals surface area contributed by atoms with E-state index >= 15 is 0 Å². The van der Waals surface area contributed by atoms with E-state index in [-0.39, 0.29) is 16.9 Å². The van der Waals surface area contributed by atoms with Crippen LogP contribution in [0.1, 0.15) is 33.9 Å². The van der Waals surface area contributed by atoms with E-state index in [0.717, 1.165) is 23.4 Å². The fraction of sp³-hybridized carbons (Fsp3) is 0.231. The van der Waals surface area contributed by atoms with Gasteiger partial charge in [-0.2, -0.15) is 0 Å². The maximum atomic E-state index is 12.9. The number of benzene rings is 1. The molecule has 2 aromatic rings. The zero-order valence-corrected chi connectivity index (χ0v) is 10.2. The predicted octanol–water partition coefficient (Wildman–Crippen LogP) is 3.06. The number of rotatable bonds is 3. The molecule has 0 aliphatic heterocycles. The molecular weight excluding hydrogens is 253 g/mol. The molecule has 3 nitrogen and oxygen atoms in total. The highest BCUT2D eigenvalue weighted by Gasteiger charge is 2.48. The molecule has 18 heavy (non-hydrogen) atoms. The van der Waals surface area contributed by atoms with E-state index in [2.05, 4.69) is 4.98 Å². The van der Waals surface area contributed by atoms with Gasteiger partial charge < -0.3 is 5.11 Å². The summed E-state index contributed by atoms with van der Waals surface area (Å²) in [5, 5.41) is 11.3. The number of carboxylic acid groups (broad SMARTS) is 1. The molecule has 1 aromatic carbocycles. The van der Waals surface area contributed by atoms with Crippen LogP contribution in [0.2, 0.25) is 0 Å². The van der Waals surface area contributed by atoms with Crippen molar-refractivity contribution >= 4 is 17.3 Å². The van der Waals surface area contributed by atoms with Crippen LogP contribution in [-0.2, 0) is 5.41 Å². The Hall–Kier alpha value is -1.75. The average Bonchev–Trinajstić information content (AvgIpc) is 3.00. The number of carbonyl (C=O) groups is 1. The number of thiazole rings is 1. The van der Waals surface area contributed by atoms with E-state index in [1.165, 1.54) is 23.5 Å². The molecule has 1 aliphatic rings. The third kappa shape index (κ3) is 1.71. The van der Waals surface area contributed by atoms with Gasteiger partial charge in [0, 0.05) is 10.8 Å². The van der Waals surface area contributed by atoms with Crippen LogP contribution in [0.25, 0.3) is 0 Å². The van der Waals surface area contributed by atoms with Crippen LogP contribution in [0.3, 0.4) is 0 Å². The minimum absolute atomic E-state index is 0.0865. The second kappa shape index (κ2) is 3.88. The number of hydrogen-bond acceptors (Lipinski definition) is 3. The first-order valence-corrected chi connectivity index (χ1v) is 6.45. The fourth-order valence-corrected chi connectivity index (χ4v) is 3.19. The van der Waals surface area contributed by atoms with Gasteiger partial charge in [-0.15, -0.1) is 11.3 Å². The van der Waals surface area contributed by atoms with Crippen LogP contribution < -0.4 is 0 Å². The molecule has 1 saturated carbocycles. The van der Waals surface area contributed by atoms with Crippen molar-refractivity contribution in [3.8, 4) is 0 Å². The molecular formula is C13H10FNO2S. The van der Waals surface area contributed by atoms with Crippen molar-refractivity contribution in [2.75, 3.05) is 0 Å². The number of aromatic nitrogens is 1. The van der Waals surface area contributed by atoms with Crippen LogP contribution >= 0.6 is 11.3 Å². The second-order valence-electron chi connectivity index (χ2n) is 4.43. The summed E-state index contributed by atoms with van der Waals surface area (Å²) in [5.41, 5.74) is 0.907. The number of hydrogen-bond donors (Lipinski definition) is 1. The Bertz CT molecular complexity index is 602. The van der Waals surface area contributed by atoms with Gasteiger partial charge in [0.1, 0.15) is 10.8 Å². The summed E-state index contributed by atoms with van der Waals surface area (Å²) in [7, 11) is 0. The lowest BCUT2D eigenvalue weighted by molar-refractivity contribution is 0.0691. The van der Waals surface area contributed by atoms with Crippen molar-refractivity contribution in [2.45, 2.75) is 18.3 Å². The van der Waals surface area contributed by atoms with Gasteiger partial charge in [-0.1, -0.05) is 12.1 Å². The van der Waals surface area contributed by atoms with Gasteiger partial charge in [-0.25, -0.2) is 14.2 Å². The van der Waals surface area contributed by atoms with Crippen molar-refractivity contribution in [1.82, 2.24) is 4.98 Å². The summed E-state index contributed by atoms with van der Waals surface area (Å²) in [6, 6.07) is 6.37. The van der Waals surface area contributed by atoms with Crippen molar-refractivity contribution in [2.24, 2.45) is 0 Å². The predicted molar refractivity (Wildman–Crippen MR) is 65.5 cm³/mol. The standard InChI is InChI=1S/C13H10FNO2S/c14-9-3-1-8(2-4-9)13(5-6-13)12-15-10(7-18-12)11(16)17/h1-4,7H,5-6H2,(H,16,17). The quantitative estimate of drug-likeness (QED) is 0.925. The highest BCUT2D eigenvalue weighted by Crippen LogP contribution is 2.54. The zero-order valence-electron chi connectivity index (χ0n) is 9.39. The van der Waals surface area contributed by atoms with Crippen molar-refractivity contribution in [1.29, 1.82) is 0 Å². The van der Waals surface area contributed by atoms with Gasteiger partial charge in [0.25, 0.3) is 0 Å². The number of halogens is 1. The van der Waals surface area contributed by atoms with Crippen LogP contribution in [0.15, 0.2) is 29.6 Å².